The van der Waals surface area contributed by atoms with Crippen LogP contribution in [0.5, 0.6) is 0 Å². The molecule has 6 N–H and O–H groups in total. The lowest BCUT2D eigenvalue weighted by Gasteiger charge is -2.30. The van der Waals surface area contributed by atoms with Gasteiger partial charge in [0.15, 0.2) is 0 Å². The first kappa shape index (κ1) is 40.2. The van der Waals surface area contributed by atoms with Gasteiger partial charge in [-0.15, -0.1) is 0 Å². The van der Waals surface area contributed by atoms with Gasteiger partial charge in [0.05, 0.1) is 30.3 Å². The van der Waals surface area contributed by atoms with Crippen molar-refractivity contribution in [3.8, 4) is 0 Å². The predicted octanol–water partition coefficient (Wildman–Crippen LogP) is 4.90. The molecule has 9 nitrogen and oxygen atoms in total. The summed E-state index contributed by atoms with van der Waals surface area (Å²) < 4.78 is 5.22. The van der Waals surface area contributed by atoms with Crippen molar-refractivity contribution in [1.82, 2.24) is 0 Å². The number of hydrogen-bond acceptors (Lipinski definition) is 8. The monoisotopic (exact) mass is 650 g/mol. The highest BCUT2D eigenvalue weighted by Gasteiger charge is 2.35. The highest BCUT2D eigenvalue weighted by atomic mass is 35.5. The van der Waals surface area contributed by atoms with Crippen LogP contribution in [0.3, 0.4) is 0 Å². The van der Waals surface area contributed by atoms with Crippen molar-refractivity contribution in [2.45, 2.75) is 103 Å². The second-order valence-corrected chi connectivity index (χ2v) is 11.9. The third kappa shape index (κ3) is 15.9. The first-order valence-corrected chi connectivity index (χ1v) is 15.9. The number of esters is 1. The third-order valence-corrected chi connectivity index (χ3v) is 8.32. The van der Waals surface area contributed by atoms with E-state index in [-0.39, 0.29) is 24.3 Å². The Bertz CT molecular complexity index is 1120. The van der Waals surface area contributed by atoms with Crippen LogP contribution in [-0.2, 0) is 14.3 Å². The maximum Gasteiger partial charge on any atom is 0.331 e. The lowest BCUT2D eigenvalue weighted by atomic mass is 9.85. The van der Waals surface area contributed by atoms with Gasteiger partial charge in [-0.1, -0.05) is 98.7 Å². The molecule has 1 aliphatic rings. The van der Waals surface area contributed by atoms with Crippen molar-refractivity contribution in [3.63, 3.8) is 0 Å². The number of allylic oxidation sites excluding steroid dienone is 11. The van der Waals surface area contributed by atoms with Crippen LogP contribution in [0.25, 0.3) is 0 Å². The Hall–Kier alpha value is -2.79. The molecule has 0 radical (unpaired) electrons. The van der Waals surface area contributed by atoms with E-state index < -0.39 is 60.4 Å². The molecular weight excluding hydrogens is 600 g/mol. The van der Waals surface area contributed by atoms with Crippen LogP contribution >= 0.6 is 11.6 Å². The van der Waals surface area contributed by atoms with Crippen LogP contribution in [0, 0.1) is 17.8 Å². The Morgan fingerprint density at radius 1 is 0.889 bits per heavy atom. The molecule has 0 amide bonds. The Balaban J connectivity index is 2.56. The molecule has 1 fully saturated rings. The van der Waals surface area contributed by atoms with E-state index in [1.807, 2.05) is 13.0 Å². The molecule has 0 heterocycles. The molecule has 1 saturated carbocycles. The summed E-state index contributed by atoms with van der Waals surface area (Å²) >= 11 is 6.32. The number of aliphatic hydroxyl groups excluding tert-OH is 5. The van der Waals surface area contributed by atoms with Gasteiger partial charge in [0, 0.05) is 29.9 Å². The minimum absolute atomic E-state index is 0.0812. The van der Waals surface area contributed by atoms with Crippen molar-refractivity contribution >= 4 is 23.5 Å². The molecule has 0 spiro atoms. The summed E-state index contributed by atoms with van der Waals surface area (Å²) in [6.45, 7) is 7.67. The van der Waals surface area contributed by atoms with Gasteiger partial charge in [0.2, 0.25) is 0 Å². The molecule has 10 heteroatoms. The van der Waals surface area contributed by atoms with E-state index in [9.17, 15) is 35.1 Å². The summed E-state index contributed by atoms with van der Waals surface area (Å²) in [5, 5.41) is 60.9. The number of rotatable bonds is 18. The maximum absolute atomic E-state index is 12.1. The van der Waals surface area contributed by atoms with Crippen LogP contribution in [0.15, 0.2) is 83.5 Å². The van der Waals surface area contributed by atoms with Crippen LogP contribution in [0.4, 0.5) is 0 Å². The zero-order valence-corrected chi connectivity index (χ0v) is 27.4. The van der Waals surface area contributed by atoms with Crippen molar-refractivity contribution in [2.24, 2.45) is 17.8 Å². The number of hydrogen-bond donors (Lipinski definition) is 6. The summed E-state index contributed by atoms with van der Waals surface area (Å²) in [5.74, 6) is -2.49. The summed E-state index contributed by atoms with van der Waals surface area (Å²) in [6, 6.07) is 0. The molecule has 252 valence electrons. The zero-order chi connectivity index (χ0) is 33.9. The van der Waals surface area contributed by atoms with Crippen molar-refractivity contribution < 1.29 is 45.0 Å². The molecule has 8 unspecified atom stereocenters. The highest BCUT2D eigenvalue weighted by Crippen LogP contribution is 2.27. The second-order valence-electron chi connectivity index (χ2n) is 11.4. The largest absolute Gasteiger partial charge is 0.481 e. The van der Waals surface area contributed by atoms with Crippen LogP contribution in [-0.4, -0.2) is 79.2 Å². The van der Waals surface area contributed by atoms with E-state index in [4.69, 9.17) is 21.4 Å². The average Bonchev–Trinajstić information content (AvgIpc) is 3.01. The van der Waals surface area contributed by atoms with Gasteiger partial charge in [-0.3, -0.25) is 4.79 Å². The average molecular weight is 651 g/mol. The van der Waals surface area contributed by atoms with Gasteiger partial charge in [0.1, 0.15) is 12.2 Å². The van der Waals surface area contributed by atoms with E-state index in [1.54, 1.807) is 49.5 Å². The van der Waals surface area contributed by atoms with Crippen LogP contribution in [0.1, 0.15) is 66.2 Å². The van der Waals surface area contributed by atoms with Gasteiger partial charge in [-0.05, 0) is 44.6 Å². The fourth-order valence-electron chi connectivity index (χ4n) is 4.68. The molecule has 8 atom stereocenters. The minimum atomic E-state index is -1.51. The number of aliphatic carboxylic acids is 1. The zero-order valence-electron chi connectivity index (χ0n) is 26.7. The highest BCUT2D eigenvalue weighted by molar-refractivity contribution is 6.30. The van der Waals surface area contributed by atoms with Gasteiger partial charge >= 0.3 is 11.9 Å². The minimum Gasteiger partial charge on any atom is -0.481 e. The number of carboxylic acid groups (broad SMARTS) is 1. The number of ether oxygens (including phenoxy) is 1. The molecule has 1 rings (SSSR count). The molecule has 0 aromatic heterocycles. The molecule has 0 bridgehead atoms. The van der Waals surface area contributed by atoms with Crippen molar-refractivity contribution in [2.75, 3.05) is 0 Å². The van der Waals surface area contributed by atoms with Crippen LogP contribution in [0.2, 0.25) is 0 Å². The maximum atomic E-state index is 12.1. The fourth-order valence-corrected chi connectivity index (χ4v) is 4.88. The quantitative estimate of drug-likeness (QED) is 0.0688. The molecule has 0 saturated heterocycles. The second kappa shape index (κ2) is 21.9. The Labute approximate surface area is 272 Å². The standard InChI is InChI=1S/C35H51ClO9/c1-5-25(6-2)15-9-10-16-27(37)22-30(39)34(42)33(41)24(4)28(36)17-11-7-13-23(3)14-8-12-18-32(40)45-31-21-26(35(43)44)19-20-29(31)38/h7-18,24-27,29-31,33-34,37-39,41-42H,5-6,19-22H2,1-4H3,(H,43,44)/b11-7+,14-8+,15-9+,16-10+,18-12+,23-13+,28-17-. The Morgan fingerprint density at radius 3 is 2.16 bits per heavy atom. The van der Waals surface area contributed by atoms with E-state index in [0.717, 1.165) is 18.4 Å². The van der Waals surface area contributed by atoms with Gasteiger partial charge < -0.3 is 35.4 Å². The molecule has 0 aromatic carbocycles. The topological polar surface area (TPSA) is 165 Å². The van der Waals surface area contributed by atoms with E-state index in [1.165, 1.54) is 18.2 Å². The number of aliphatic hydroxyl groups is 5. The van der Waals surface area contributed by atoms with Gasteiger partial charge in [-0.2, -0.15) is 0 Å². The molecule has 0 aromatic rings. The lowest BCUT2D eigenvalue weighted by molar-refractivity contribution is -0.159. The summed E-state index contributed by atoms with van der Waals surface area (Å²) in [5.41, 5.74) is 0.839. The van der Waals surface area contributed by atoms with E-state index >= 15 is 0 Å². The first-order chi connectivity index (χ1) is 21.3. The Morgan fingerprint density at radius 2 is 1.51 bits per heavy atom. The van der Waals surface area contributed by atoms with E-state index in [0.29, 0.717) is 12.3 Å². The van der Waals surface area contributed by atoms with Crippen molar-refractivity contribution in [1.29, 1.82) is 0 Å². The third-order valence-electron chi connectivity index (χ3n) is 7.85. The number of halogens is 1. The van der Waals surface area contributed by atoms with Gasteiger partial charge in [0.25, 0.3) is 0 Å². The summed E-state index contributed by atoms with van der Waals surface area (Å²) in [7, 11) is 0. The molecule has 45 heavy (non-hydrogen) atoms. The summed E-state index contributed by atoms with van der Waals surface area (Å²) in [4.78, 5) is 23.2. The fraction of sp³-hybridized carbons (Fsp3) is 0.543. The van der Waals surface area contributed by atoms with Crippen molar-refractivity contribution in [3.05, 3.63) is 83.5 Å². The number of carbonyl (C=O) groups excluding carboxylic acids is 1. The smallest absolute Gasteiger partial charge is 0.331 e. The molecular formula is C35H51ClO9. The van der Waals surface area contributed by atoms with E-state index in [2.05, 4.69) is 19.9 Å². The normalized spacial score (nSPS) is 23.8. The number of carboxylic acids is 1. The Kier molecular flexibility index (Phi) is 19.5. The summed E-state index contributed by atoms with van der Waals surface area (Å²) in [6.07, 6.45) is 15.6. The van der Waals surface area contributed by atoms with Crippen LogP contribution < -0.4 is 0 Å². The molecule has 0 aliphatic heterocycles. The SMILES string of the molecule is CCC(/C=C/C=C/C(O)CC(O)C(O)C(O)C(C)/C(Cl)=C/C=C/C=C(C)/C=C/C=C/C(=O)OC1CC(C(=O)O)CCC1O)CC. The molecule has 1 aliphatic carbocycles. The first-order valence-electron chi connectivity index (χ1n) is 15.5. The lowest BCUT2D eigenvalue weighted by Crippen LogP contribution is -2.42. The number of carbonyl (C=O) groups is 2. The van der Waals surface area contributed by atoms with Gasteiger partial charge in [-0.25, -0.2) is 4.79 Å². The predicted molar refractivity (Wildman–Crippen MR) is 176 cm³/mol.